The molecule has 0 bridgehead atoms. The Labute approximate surface area is 88.0 Å². The minimum Gasteiger partial charge on any atom is -0.318 e. The summed E-state index contributed by atoms with van der Waals surface area (Å²) in [6.45, 7) is 1.89. The molecule has 0 aliphatic heterocycles. The van der Waals surface area contributed by atoms with Crippen LogP contribution >= 0.6 is 0 Å². The van der Waals surface area contributed by atoms with E-state index in [1.54, 1.807) is 17.1 Å². The van der Waals surface area contributed by atoms with Gasteiger partial charge in [0.25, 0.3) is 0 Å². The van der Waals surface area contributed by atoms with E-state index in [0.717, 1.165) is 17.1 Å². The molecule has 2 N–H and O–H groups in total. The summed E-state index contributed by atoms with van der Waals surface area (Å²) < 4.78 is 1.72. The van der Waals surface area contributed by atoms with Crippen molar-refractivity contribution in [3.63, 3.8) is 0 Å². The van der Waals surface area contributed by atoms with Gasteiger partial charge in [-0.1, -0.05) is 0 Å². The number of aryl methyl sites for hydroxylation is 2. The third-order valence-electron chi connectivity index (χ3n) is 2.17. The Bertz CT molecular complexity index is 445. The lowest BCUT2D eigenvalue weighted by molar-refractivity contribution is 0.704. The summed E-state index contributed by atoms with van der Waals surface area (Å²) in [6.07, 6.45) is 5.25. The van der Waals surface area contributed by atoms with Gasteiger partial charge in [0, 0.05) is 19.4 Å². The maximum atomic E-state index is 6.00. The zero-order valence-corrected chi connectivity index (χ0v) is 8.75. The third-order valence-corrected chi connectivity index (χ3v) is 2.17. The van der Waals surface area contributed by atoms with Crippen molar-refractivity contribution in [1.29, 1.82) is 0 Å². The van der Waals surface area contributed by atoms with Crippen molar-refractivity contribution in [1.82, 2.24) is 19.7 Å². The van der Waals surface area contributed by atoms with Crippen molar-refractivity contribution in [2.45, 2.75) is 13.0 Å². The molecule has 15 heavy (non-hydrogen) atoms. The Hall–Kier alpha value is -1.75. The highest BCUT2D eigenvalue weighted by Gasteiger charge is 2.12. The van der Waals surface area contributed by atoms with Gasteiger partial charge < -0.3 is 5.73 Å². The summed E-state index contributed by atoms with van der Waals surface area (Å²) in [5.41, 5.74) is 8.42. The molecule has 5 heteroatoms. The lowest BCUT2D eigenvalue weighted by Crippen LogP contribution is -2.15. The van der Waals surface area contributed by atoms with Crippen LogP contribution in [0, 0.1) is 6.92 Å². The molecule has 0 saturated carbocycles. The fraction of sp³-hybridized carbons (Fsp3) is 0.300. The summed E-state index contributed by atoms with van der Waals surface area (Å²) in [6, 6.07) is 1.57. The molecule has 0 amide bonds. The van der Waals surface area contributed by atoms with E-state index in [1.165, 1.54) is 0 Å². The molecule has 0 aromatic carbocycles. The fourth-order valence-corrected chi connectivity index (χ4v) is 1.31. The smallest absolute Gasteiger partial charge is 0.0934 e. The zero-order chi connectivity index (χ0) is 10.8. The molecule has 2 rings (SSSR count). The van der Waals surface area contributed by atoms with Crippen molar-refractivity contribution >= 4 is 0 Å². The summed E-state index contributed by atoms with van der Waals surface area (Å²) >= 11 is 0. The Morgan fingerprint density at radius 2 is 2.07 bits per heavy atom. The average Bonchev–Trinajstić information content (AvgIpc) is 2.65. The van der Waals surface area contributed by atoms with Gasteiger partial charge in [0.1, 0.15) is 0 Å². The third kappa shape index (κ3) is 2.02. The van der Waals surface area contributed by atoms with Crippen LogP contribution in [0.2, 0.25) is 0 Å². The van der Waals surface area contributed by atoms with Crippen molar-refractivity contribution < 1.29 is 0 Å². The van der Waals surface area contributed by atoms with Crippen molar-refractivity contribution in [3.05, 3.63) is 41.7 Å². The Balaban J connectivity index is 2.28. The van der Waals surface area contributed by atoms with E-state index in [9.17, 15) is 0 Å². The minimum absolute atomic E-state index is 0.306. The highest BCUT2D eigenvalue weighted by molar-refractivity contribution is 5.18. The SMILES string of the molecule is Cc1cnc(C(N)c2ccn(C)n2)cn1. The van der Waals surface area contributed by atoms with Crippen LogP contribution < -0.4 is 5.73 Å². The topological polar surface area (TPSA) is 69.6 Å². The molecule has 1 atom stereocenters. The quantitative estimate of drug-likeness (QED) is 0.774. The molecule has 0 spiro atoms. The van der Waals surface area contributed by atoms with Gasteiger partial charge in [-0.05, 0) is 13.0 Å². The molecular weight excluding hydrogens is 190 g/mol. The Kier molecular flexibility index (Phi) is 2.47. The second kappa shape index (κ2) is 3.78. The van der Waals surface area contributed by atoms with Crippen molar-refractivity contribution in [3.8, 4) is 0 Å². The largest absolute Gasteiger partial charge is 0.318 e. The Morgan fingerprint density at radius 1 is 1.27 bits per heavy atom. The standard InChI is InChI=1S/C10H13N5/c1-7-5-13-9(6-12-7)10(11)8-3-4-15(2)14-8/h3-6,10H,11H2,1-2H3. The molecule has 2 heterocycles. The van der Waals surface area contributed by atoms with Crippen LogP contribution in [0.5, 0.6) is 0 Å². The van der Waals surface area contributed by atoms with E-state index in [-0.39, 0.29) is 6.04 Å². The predicted molar refractivity (Wildman–Crippen MR) is 56.0 cm³/mol. The molecule has 78 valence electrons. The first-order valence-corrected chi connectivity index (χ1v) is 4.70. The van der Waals surface area contributed by atoms with Gasteiger partial charge in [0.2, 0.25) is 0 Å². The number of nitrogens with zero attached hydrogens (tertiary/aromatic N) is 4. The molecule has 2 aromatic heterocycles. The molecule has 0 aliphatic rings. The van der Waals surface area contributed by atoms with E-state index in [2.05, 4.69) is 15.1 Å². The number of hydrogen-bond donors (Lipinski definition) is 1. The molecule has 0 saturated heterocycles. The molecule has 0 fully saturated rings. The van der Waals surface area contributed by atoms with Crippen LogP contribution in [0.3, 0.4) is 0 Å². The lowest BCUT2D eigenvalue weighted by atomic mass is 10.1. The lowest BCUT2D eigenvalue weighted by Gasteiger charge is -2.07. The normalized spacial score (nSPS) is 12.7. The summed E-state index contributed by atoms with van der Waals surface area (Å²) in [5.74, 6) is 0. The van der Waals surface area contributed by atoms with E-state index in [4.69, 9.17) is 5.73 Å². The maximum absolute atomic E-state index is 6.00. The molecular formula is C10H13N5. The van der Waals surface area contributed by atoms with E-state index >= 15 is 0 Å². The van der Waals surface area contributed by atoms with Gasteiger partial charge in [-0.3, -0.25) is 14.6 Å². The fourth-order valence-electron chi connectivity index (χ4n) is 1.31. The zero-order valence-electron chi connectivity index (χ0n) is 8.75. The number of rotatable bonds is 2. The summed E-state index contributed by atoms with van der Waals surface area (Å²) in [7, 11) is 1.86. The molecule has 5 nitrogen and oxygen atoms in total. The van der Waals surface area contributed by atoms with Crippen LogP contribution in [0.25, 0.3) is 0 Å². The number of nitrogens with two attached hydrogens (primary N) is 1. The van der Waals surface area contributed by atoms with Crippen LogP contribution in [-0.4, -0.2) is 19.7 Å². The van der Waals surface area contributed by atoms with Crippen LogP contribution in [0.1, 0.15) is 23.1 Å². The molecule has 1 unspecified atom stereocenters. The average molecular weight is 203 g/mol. The van der Waals surface area contributed by atoms with Crippen molar-refractivity contribution in [2.75, 3.05) is 0 Å². The predicted octanol–water partition coefficient (Wildman–Crippen LogP) is 0.567. The van der Waals surface area contributed by atoms with Crippen molar-refractivity contribution in [2.24, 2.45) is 12.8 Å². The van der Waals surface area contributed by atoms with E-state index in [0.29, 0.717) is 0 Å². The van der Waals surface area contributed by atoms with Gasteiger partial charge >= 0.3 is 0 Å². The monoisotopic (exact) mass is 203 g/mol. The van der Waals surface area contributed by atoms with Gasteiger partial charge in [-0.25, -0.2) is 0 Å². The minimum atomic E-state index is -0.306. The van der Waals surface area contributed by atoms with E-state index in [1.807, 2.05) is 26.2 Å². The number of hydrogen-bond acceptors (Lipinski definition) is 4. The Morgan fingerprint density at radius 3 is 2.60 bits per heavy atom. The molecule has 0 radical (unpaired) electrons. The summed E-state index contributed by atoms with van der Waals surface area (Å²) in [5, 5.41) is 4.23. The second-order valence-corrected chi connectivity index (χ2v) is 3.47. The summed E-state index contributed by atoms with van der Waals surface area (Å²) in [4.78, 5) is 8.38. The second-order valence-electron chi connectivity index (χ2n) is 3.47. The highest BCUT2D eigenvalue weighted by Crippen LogP contribution is 2.14. The van der Waals surface area contributed by atoms with Gasteiger partial charge in [-0.15, -0.1) is 0 Å². The highest BCUT2D eigenvalue weighted by atomic mass is 15.3. The van der Waals surface area contributed by atoms with Gasteiger partial charge in [-0.2, -0.15) is 5.10 Å². The molecule has 0 aliphatic carbocycles. The number of aromatic nitrogens is 4. The van der Waals surface area contributed by atoms with Crippen LogP contribution in [0.4, 0.5) is 0 Å². The van der Waals surface area contributed by atoms with Crippen LogP contribution in [0.15, 0.2) is 24.7 Å². The van der Waals surface area contributed by atoms with Crippen LogP contribution in [-0.2, 0) is 7.05 Å². The van der Waals surface area contributed by atoms with E-state index < -0.39 is 0 Å². The first-order chi connectivity index (χ1) is 7.16. The molecule has 2 aromatic rings. The van der Waals surface area contributed by atoms with Gasteiger partial charge in [0.15, 0.2) is 0 Å². The first kappa shape index (κ1) is 9.79. The first-order valence-electron chi connectivity index (χ1n) is 4.70. The van der Waals surface area contributed by atoms with Gasteiger partial charge in [0.05, 0.1) is 29.3 Å². The maximum Gasteiger partial charge on any atom is 0.0934 e.